The molecule has 2 rings (SSSR count). The fourth-order valence-electron chi connectivity index (χ4n) is 1.77. The smallest absolute Gasteiger partial charge is 0.478 e. The Labute approximate surface area is 116 Å². The summed E-state index contributed by atoms with van der Waals surface area (Å²) >= 11 is 0. The number of aliphatic carboxylic acids is 2. The Balaban J connectivity index is 0.000000270. The molecule has 1 aliphatic carbocycles. The molecule has 0 unspecified atom stereocenters. The van der Waals surface area contributed by atoms with Crippen LogP contribution in [0, 0.1) is 5.82 Å². The molecule has 0 aromatic heterocycles. The lowest BCUT2D eigenvalue weighted by Gasteiger charge is -1.99. The van der Waals surface area contributed by atoms with Crippen molar-refractivity contribution in [1.82, 2.24) is 0 Å². The molecule has 8 heteroatoms. The van der Waals surface area contributed by atoms with Crippen LogP contribution in [-0.4, -0.2) is 28.3 Å². The van der Waals surface area contributed by atoms with Crippen LogP contribution >= 0.6 is 0 Å². The Kier molecular flexibility index (Phi) is 5.07. The van der Waals surface area contributed by atoms with Crippen molar-refractivity contribution in [3.63, 3.8) is 0 Å². The van der Waals surface area contributed by atoms with E-state index in [1.807, 2.05) is 0 Å². The second-order valence-corrected chi connectivity index (χ2v) is 4.11. The highest BCUT2D eigenvalue weighted by atomic mass is 19.4. The Hall–Kier alpha value is -2.38. The number of halogens is 4. The van der Waals surface area contributed by atoms with Gasteiger partial charge in [0.15, 0.2) is 0 Å². The van der Waals surface area contributed by atoms with Crippen LogP contribution in [0.3, 0.4) is 0 Å². The maximum atomic E-state index is 12.9. The van der Waals surface area contributed by atoms with E-state index in [-0.39, 0.29) is 5.82 Å². The van der Waals surface area contributed by atoms with Gasteiger partial charge >= 0.3 is 18.1 Å². The first kappa shape index (κ1) is 16.7. The molecule has 21 heavy (non-hydrogen) atoms. The molecule has 114 valence electrons. The van der Waals surface area contributed by atoms with Crippen molar-refractivity contribution in [2.75, 3.05) is 0 Å². The average Bonchev–Trinajstić information content (AvgIpc) is 2.71. The highest BCUT2D eigenvalue weighted by Crippen LogP contribution is 2.32. The van der Waals surface area contributed by atoms with Gasteiger partial charge in [-0.05, 0) is 41.7 Å². The molecule has 4 nitrogen and oxygen atoms in total. The number of aryl methyl sites for hydroxylation is 1. The van der Waals surface area contributed by atoms with Crippen LogP contribution in [-0.2, 0) is 16.0 Å². The van der Waals surface area contributed by atoms with E-state index in [9.17, 15) is 22.4 Å². The summed E-state index contributed by atoms with van der Waals surface area (Å²) in [5.41, 5.74) is 2.48. The SMILES string of the molecule is O=C(O)C(F)(F)F.O=C(O)C=C1CCc2ccc(F)cc21. The van der Waals surface area contributed by atoms with Crippen molar-refractivity contribution >= 4 is 17.5 Å². The van der Waals surface area contributed by atoms with Gasteiger partial charge < -0.3 is 10.2 Å². The van der Waals surface area contributed by atoms with Crippen molar-refractivity contribution < 1.29 is 37.4 Å². The van der Waals surface area contributed by atoms with Gasteiger partial charge in [0.1, 0.15) is 5.82 Å². The number of carboxylic acids is 2. The van der Waals surface area contributed by atoms with E-state index in [4.69, 9.17) is 15.0 Å². The lowest BCUT2D eigenvalue weighted by atomic mass is 10.1. The lowest BCUT2D eigenvalue weighted by molar-refractivity contribution is -0.192. The van der Waals surface area contributed by atoms with Crippen molar-refractivity contribution in [2.45, 2.75) is 19.0 Å². The van der Waals surface area contributed by atoms with Crippen LogP contribution in [0.25, 0.3) is 5.57 Å². The van der Waals surface area contributed by atoms with Crippen LogP contribution in [0.2, 0.25) is 0 Å². The quantitative estimate of drug-likeness (QED) is 0.618. The maximum absolute atomic E-state index is 12.9. The number of carboxylic acid groups (broad SMARTS) is 2. The molecule has 0 saturated carbocycles. The minimum absolute atomic E-state index is 0.318. The van der Waals surface area contributed by atoms with Gasteiger partial charge in [0.25, 0.3) is 0 Å². The van der Waals surface area contributed by atoms with Gasteiger partial charge in [-0.15, -0.1) is 0 Å². The molecular formula is C13H10F4O4. The van der Waals surface area contributed by atoms with E-state index in [1.165, 1.54) is 12.1 Å². The van der Waals surface area contributed by atoms with Gasteiger partial charge in [-0.25, -0.2) is 14.0 Å². The molecule has 0 amide bonds. The van der Waals surface area contributed by atoms with E-state index < -0.39 is 18.1 Å². The van der Waals surface area contributed by atoms with E-state index in [1.54, 1.807) is 6.07 Å². The molecule has 0 radical (unpaired) electrons. The van der Waals surface area contributed by atoms with Gasteiger partial charge in [-0.2, -0.15) is 13.2 Å². The van der Waals surface area contributed by atoms with Crippen LogP contribution in [0.4, 0.5) is 17.6 Å². The summed E-state index contributed by atoms with van der Waals surface area (Å²) < 4.78 is 44.6. The Morgan fingerprint density at radius 2 is 1.71 bits per heavy atom. The largest absolute Gasteiger partial charge is 0.490 e. The van der Waals surface area contributed by atoms with Crippen molar-refractivity contribution in [3.8, 4) is 0 Å². The fourth-order valence-corrected chi connectivity index (χ4v) is 1.77. The number of allylic oxidation sites excluding steroid dienone is 1. The molecule has 1 aromatic carbocycles. The van der Waals surface area contributed by atoms with Crippen LogP contribution in [0.1, 0.15) is 17.5 Å². The zero-order chi connectivity index (χ0) is 16.2. The van der Waals surface area contributed by atoms with Gasteiger partial charge in [0.05, 0.1) is 0 Å². The summed E-state index contributed by atoms with van der Waals surface area (Å²) in [4.78, 5) is 19.4. The Morgan fingerprint density at radius 1 is 1.14 bits per heavy atom. The third kappa shape index (κ3) is 4.90. The third-order valence-corrected chi connectivity index (χ3v) is 2.62. The second kappa shape index (κ2) is 6.38. The average molecular weight is 306 g/mol. The standard InChI is InChI=1S/C11H9FO2.C2HF3O2/c12-9-4-3-7-1-2-8(5-11(13)14)10(7)6-9;3-2(4,5)1(6)7/h3-6H,1-2H2,(H,13,14);(H,6,7). The first-order valence-corrected chi connectivity index (χ1v) is 5.63. The van der Waals surface area contributed by atoms with E-state index in [0.29, 0.717) is 12.0 Å². The fraction of sp³-hybridized carbons (Fsp3) is 0.231. The predicted molar refractivity (Wildman–Crippen MR) is 64.0 cm³/mol. The first-order chi connectivity index (χ1) is 9.61. The molecule has 1 aliphatic rings. The summed E-state index contributed by atoms with van der Waals surface area (Å²) in [5.74, 6) is -4.05. The highest BCUT2D eigenvalue weighted by molar-refractivity contribution is 5.91. The molecule has 0 spiro atoms. The summed E-state index contributed by atoms with van der Waals surface area (Å²) in [6, 6.07) is 4.52. The van der Waals surface area contributed by atoms with E-state index in [0.717, 1.165) is 23.6 Å². The zero-order valence-electron chi connectivity index (χ0n) is 10.4. The number of carbonyl (C=O) groups is 2. The van der Waals surface area contributed by atoms with Crippen LogP contribution in [0.5, 0.6) is 0 Å². The molecular weight excluding hydrogens is 296 g/mol. The summed E-state index contributed by atoms with van der Waals surface area (Å²) in [7, 11) is 0. The minimum atomic E-state index is -5.08. The summed E-state index contributed by atoms with van der Waals surface area (Å²) in [6.45, 7) is 0. The normalized spacial score (nSPS) is 15.1. The lowest BCUT2D eigenvalue weighted by Crippen LogP contribution is -2.21. The molecule has 2 N–H and O–H groups in total. The molecule has 0 atom stereocenters. The van der Waals surface area contributed by atoms with Gasteiger partial charge in [0.2, 0.25) is 0 Å². The second-order valence-electron chi connectivity index (χ2n) is 4.11. The highest BCUT2D eigenvalue weighted by Gasteiger charge is 2.38. The molecule has 1 aromatic rings. The zero-order valence-corrected chi connectivity index (χ0v) is 10.4. The Bertz CT molecular complexity index is 590. The van der Waals surface area contributed by atoms with Gasteiger partial charge in [-0.1, -0.05) is 6.07 Å². The number of fused-ring (bicyclic) bond motifs is 1. The Morgan fingerprint density at radius 3 is 2.19 bits per heavy atom. The van der Waals surface area contributed by atoms with Gasteiger partial charge in [-0.3, -0.25) is 0 Å². The van der Waals surface area contributed by atoms with Crippen molar-refractivity contribution in [2.24, 2.45) is 0 Å². The monoisotopic (exact) mass is 306 g/mol. The number of alkyl halides is 3. The van der Waals surface area contributed by atoms with Gasteiger partial charge in [0, 0.05) is 6.08 Å². The predicted octanol–water partition coefficient (Wildman–Crippen LogP) is 2.87. The third-order valence-electron chi connectivity index (χ3n) is 2.62. The summed E-state index contributed by atoms with van der Waals surface area (Å²) in [5, 5.41) is 15.7. The molecule has 0 heterocycles. The first-order valence-electron chi connectivity index (χ1n) is 5.63. The van der Waals surface area contributed by atoms with Crippen molar-refractivity contribution in [3.05, 3.63) is 41.2 Å². The molecule has 0 bridgehead atoms. The maximum Gasteiger partial charge on any atom is 0.490 e. The van der Waals surface area contributed by atoms with E-state index >= 15 is 0 Å². The number of benzene rings is 1. The number of hydrogen-bond donors (Lipinski definition) is 2. The van der Waals surface area contributed by atoms with E-state index in [2.05, 4.69) is 0 Å². The minimum Gasteiger partial charge on any atom is -0.478 e. The topological polar surface area (TPSA) is 74.6 Å². The molecule has 0 aliphatic heterocycles. The summed E-state index contributed by atoms with van der Waals surface area (Å²) in [6.07, 6.45) is -2.44. The van der Waals surface area contributed by atoms with Crippen molar-refractivity contribution in [1.29, 1.82) is 0 Å². The number of rotatable bonds is 1. The molecule has 0 saturated heterocycles. The molecule has 0 fully saturated rings. The number of hydrogen-bond acceptors (Lipinski definition) is 2. The van der Waals surface area contributed by atoms with Crippen LogP contribution < -0.4 is 0 Å². The van der Waals surface area contributed by atoms with Crippen LogP contribution in [0.15, 0.2) is 24.3 Å².